The van der Waals surface area contributed by atoms with Gasteiger partial charge >= 0.3 is 0 Å². The van der Waals surface area contributed by atoms with Crippen LogP contribution in [0.3, 0.4) is 0 Å². The van der Waals surface area contributed by atoms with Crippen LogP contribution in [-0.4, -0.2) is 6.10 Å². The zero-order chi connectivity index (χ0) is 13.7. The van der Waals surface area contributed by atoms with E-state index in [2.05, 4.69) is 29.0 Å². The average molecular weight is 276 g/mol. The van der Waals surface area contributed by atoms with E-state index in [0.717, 1.165) is 17.7 Å². The Morgan fingerprint density at radius 3 is 2.63 bits per heavy atom. The average Bonchev–Trinajstić information content (AvgIpc) is 2.89. The van der Waals surface area contributed by atoms with E-state index in [1.54, 1.807) is 11.3 Å². The van der Waals surface area contributed by atoms with Crippen LogP contribution >= 0.6 is 11.3 Å². The summed E-state index contributed by atoms with van der Waals surface area (Å²) in [4.78, 5) is 1.31. The van der Waals surface area contributed by atoms with Crippen LogP contribution in [0.5, 0.6) is 5.75 Å². The van der Waals surface area contributed by atoms with E-state index in [4.69, 9.17) is 10.6 Å². The number of hydrogen-bond acceptors (Lipinski definition) is 4. The van der Waals surface area contributed by atoms with Crippen molar-refractivity contribution in [2.24, 2.45) is 5.84 Å². The van der Waals surface area contributed by atoms with Crippen molar-refractivity contribution in [2.75, 3.05) is 0 Å². The smallest absolute Gasteiger partial charge is 0.124 e. The van der Waals surface area contributed by atoms with Gasteiger partial charge < -0.3 is 4.74 Å². The molecule has 19 heavy (non-hydrogen) atoms. The summed E-state index contributed by atoms with van der Waals surface area (Å²) in [5.41, 5.74) is 4.00. The lowest BCUT2D eigenvalue weighted by Crippen LogP contribution is -2.30. The minimum Gasteiger partial charge on any atom is -0.491 e. The number of ether oxygens (including phenoxy) is 1. The summed E-state index contributed by atoms with van der Waals surface area (Å²) < 4.78 is 5.86. The van der Waals surface area contributed by atoms with Gasteiger partial charge in [-0.25, -0.2) is 0 Å². The van der Waals surface area contributed by atoms with Crippen molar-refractivity contribution >= 4 is 11.3 Å². The molecule has 4 heteroatoms. The fraction of sp³-hybridized carbons (Fsp3) is 0.333. The first-order chi connectivity index (χ1) is 9.20. The van der Waals surface area contributed by atoms with Gasteiger partial charge in [0.2, 0.25) is 0 Å². The number of rotatable bonds is 6. The van der Waals surface area contributed by atoms with Gasteiger partial charge in [0.25, 0.3) is 0 Å². The second-order valence-electron chi connectivity index (χ2n) is 4.71. The Bertz CT molecular complexity index is 497. The summed E-state index contributed by atoms with van der Waals surface area (Å²) in [6, 6.07) is 12.3. The highest BCUT2D eigenvalue weighted by molar-refractivity contribution is 7.09. The standard InChI is InChI=1S/C15H20N2OS/c1-11(2)18-15-8-4-3-7-13(15)14(17-16)10-12-6-5-9-19-12/h3-9,11,14,17H,10,16H2,1-2H3. The summed E-state index contributed by atoms with van der Waals surface area (Å²) in [5.74, 6) is 6.62. The molecule has 2 aromatic rings. The first-order valence-corrected chi connectivity index (χ1v) is 7.32. The molecule has 3 nitrogen and oxygen atoms in total. The number of thiophene rings is 1. The molecule has 0 bridgehead atoms. The Hall–Kier alpha value is -1.36. The summed E-state index contributed by atoms with van der Waals surface area (Å²) in [6.07, 6.45) is 1.02. The molecule has 1 heterocycles. The van der Waals surface area contributed by atoms with Gasteiger partial charge in [0.15, 0.2) is 0 Å². The van der Waals surface area contributed by atoms with Crippen molar-refractivity contribution < 1.29 is 4.74 Å². The molecule has 3 N–H and O–H groups in total. The van der Waals surface area contributed by atoms with Crippen LogP contribution < -0.4 is 16.0 Å². The SMILES string of the molecule is CC(C)Oc1ccccc1C(Cc1cccs1)NN. The van der Waals surface area contributed by atoms with Gasteiger partial charge in [-0.2, -0.15) is 0 Å². The molecular weight excluding hydrogens is 256 g/mol. The lowest BCUT2D eigenvalue weighted by atomic mass is 10.0. The van der Waals surface area contributed by atoms with E-state index < -0.39 is 0 Å². The fourth-order valence-electron chi connectivity index (χ4n) is 2.02. The Labute approximate surface area is 118 Å². The molecule has 1 unspecified atom stereocenters. The maximum Gasteiger partial charge on any atom is 0.124 e. The minimum absolute atomic E-state index is 0.0635. The second-order valence-corrected chi connectivity index (χ2v) is 5.74. The van der Waals surface area contributed by atoms with Crippen molar-refractivity contribution in [3.8, 4) is 5.75 Å². The van der Waals surface area contributed by atoms with Crippen LogP contribution in [0.25, 0.3) is 0 Å². The molecule has 0 amide bonds. The topological polar surface area (TPSA) is 47.3 Å². The predicted octanol–water partition coefficient (Wildman–Crippen LogP) is 3.28. The van der Waals surface area contributed by atoms with Gasteiger partial charge in [0, 0.05) is 16.9 Å². The summed E-state index contributed by atoms with van der Waals surface area (Å²) in [6.45, 7) is 4.06. The summed E-state index contributed by atoms with van der Waals surface area (Å²) in [7, 11) is 0. The Morgan fingerprint density at radius 2 is 2.00 bits per heavy atom. The molecule has 1 aromatic heterocycles. The first-order valence-electron chi connectivity index (χ1n) is 6.44. The molecule has 1 atom stereocenters. The number of hydrazine groups is 1. The molecule has 0 spiro atoms. The zero-order valence-corrected chi connectivity index (χ0v) is 12.1. The van der Waals surface area contributed by atoms with Crippen LogP contribution in [0.1, 0.15) is 30.3 Å². The third-order valence-electron chi connectivity index (χ3n) is 2.84. The molecule has 102 valence electrons. The van der Waals surface area contributed by atoms with Crippen molar-refractivity contribution in [1.82, 2.24) is 5.43 Å². The maximum atomic E-state index is 5.86. The molecule has 1 aromatic carbocycles. The highest BCUT2D eigenvalue weighted by Gasteiger charge is 2.16. The molecule has 0 aliphatic heterocycles. The molecule has 0 fully saturated rings. The Kier molecular flexibility index (Phi) is 4.96. The Morgan fingerprint density at radius 1 is 1.21 bits per heavy atom. The predicted molar refractivity (Wildman–Crippen MR) is 80.3 cm³/mol. The third kappa shape index (κ3) is 3.80. The third-order valence-corrected chi connectivity index (χ3v) is 3.74. The van der Waals surface area contributed by atoms with Crippen LogP contribution in [0.15, 0.2) is 41.8 Å². The normalized spacial score (nSPS) is 12.6. The molecule has 0 aliphatic rings. The van der Waals surface area contributed by atoms with E-state index in [1.807, 2.05) is 32.0 Å². The van der Waals surface area contributed by atoms with Gasteiger partial charge in [0.05, 0.1) is 12.1 Å². The van der Waals surface area contributed by atoms with E-state index in [1.165, 1.54) is 4.88 Å². The van der Waals surface area contributed by atoms with Crippen LogP contribution in [0.4, 0.5) is 0 Å². The monoisotopic (exact) mass is 276 g/mol. The molecular formula is C15H20N2OS. The second kappa shape index (κ2) is 6.70. The van der Waals surface area contributed by atoms with E-state index in [0.29, 0.717) is 0 Å². The van der Waals surface area contributed by atoms with Crippen molar-refractivity contribution in [1.29, 1.82) is 0 Å². The summed E-state index contributed by atoms with van der Waals surface area (Å²) in [5, 5.41) is 2.08. The number of hydrogen-bond donors (Lipinski definition) is 2. The largest absolute Gasteiger partial charge is 0.491 e. The molecule has 0 radical (unpaired) electrons. The van der Waals surface area contributed by atoms with Crippen molar-refractivity contribution in [3.05, 3.63) is 52.2 Å². The van der Waals surface area contributed by atoms with Gasteiger partial charge in [-0.3, -0.25) is 11.3 Å². The molecule has 2 rings (SSSR count). The molecule has 0 saturated carbocycles. The summed E-state index contributed by atoms with van der Waals surface area (Å²) >= 11 is 1.74. The van der Waals surface area contributed by atoms with E-state index in [-0.39, 0.29) is 12.1 Å². The number of nitrogens with one attached hydrogen (secondary N) is 1. The van der Waals surface area contributed by atoms with Crippen LogP contribution in [0.2, 0.25) is 0 Å². The number of nitrogens with two attached hydrogens (primary N) is 1. The first kappa shape index (κ1) is 14.1. The minimum atomic E-state index is 0.0635. The Balaban J connectivity index is 2.22. The highest BCUT2D eigenvalue weighted by Crippen LogP contribution is 2.29. The number of benzene rings is 1. The van der Waals surface area contributed by atoms with Gasteiger partial charge in [-0.15, -0.1) is 11.3 Å². The zero-order valence-electron chi connectivity index (χ0n) is 11.3. The fourth-order valence-corrected chi connectivity index (χ4v) is 2.77. The molecule has 0 aliphatic carbocycles. The van der Waals surface area contributed by atoms with Gasteiger partial charge in [-0.1, -0.05) is 24.3 Å². The lowest BCUT2D eigenvalue weighted by molar-refractivity contribution is 0.237. The quantitative estimate of drug-likeness (QED) is 0.629. The van der Waals surface area contributed by atoms with Crippen LogP contribution in [-0.2, 0) is 6.42 Å². The van der Waals surface area contributed by atoms with Crippen molar-refractivity contribution in [3.63, 3.8) is 0 Å². The van der Waals surface area contributed by atoms with Crippen molar-refractivity contribution in [2.45, 2.75) is 32.4 Å². The molecule has 0 saturated heterocycles. The van der Waals surface area contributed by atoms with E-state index in [9.17, 15) is 0 Å². The van der Waals surface area contributed by atoms with Crippen LogP contribution in [0, 0.1) is 0 Å². The maximum absolute atomic E-state index is 5.86. The number of para-hydroxylation sites is 1. The van der Waals surface area contributed by atoms with E-state index >= 15 is 0 Å². The highest BCUT2D eigenvalue weighted by atomic mass is 32.1. The van der Waals surface area contributed by atoms with Gasteiger partial charge in [-0.05, 0) is 31.4 Å². The lowest BCUT2D eigenvalue weighted by Gasteiger charge is -2.20. The van der Waals surface area contributed by atoms with Gasteiger partial charge in [0.1, 0.15) is 5.75 Å².